The molecule has 3 rings (SSSR count). The number of nitrogens with zero attached hydrogens (tertiary/aromatic N) is 2. The standard InChI is InChI=1S/C19H20ClN3O3/c1-14-9-11-22-23(14)12-4-10-21-19(24)18-8-7-15(26-18)13-25-17-6-3-2-5-16(17)20/h2-3,5-9,11H,4,10,12-13H2,1H3,(H,21,24). The van der Waals surface area contributed by atoms with Gasteiger partial charge < -0.3 is 14.5 Å². The van der Waals surface area contributed by atoms with E-state index >= 15 is 0 Å². The SMILES string of the molecule is Cc1ccnn1CCCNC(=O)c1ccc(COc2ccccc2Cl)o1. The summed E-state index contributed by atoms with van der Waals surface area (Å²) in [5.74, 6) is 1.15. The van der Waals surface area contributed by atoms with Gasteiger partial charge in [0.25, 0.3) is 5.91 Å². The lowest BCUT2D eigenvalue weighted by Crippen LogP contribution is -2.25. The van der Waals surface area contributed by atoms with Gasteiger partial charge in [-0.2, -0.15) is 5.10 Å². The number of halogens is 1. The van der Waals surface area contributed by atoms with Crippen molar-refractivity contribution in [2.75, 3.05) is 6.54 Å². The van der Waals surface area contributed by atoms with E-state index in [1.54, 1.807) is 30.5 Å². The molecule has 7 heteroatoms. The average Bonchev–Trinajstić information content (AvgIpc) is 3.27. The van der Waals surface area contributed by atoms with Gasteiger partial charge in [0.1, 0.15) is 18.1 Å². The Morgan fingerprint density at radius 2 is 2.12 bits per heavy atom. The highest BCUT2D eigenvalue weighted by molar-refractivity contribution is 6.32. The van der Waals surface area contributed by atoms with E-state index in [9.17, 15) is 4.79 Å². The normalized spacial score (nSPS) is 10.7. The van der Waals surface area contributed by atoms with Crippen LogP contribution >= 0.6 is 11.6 Å². The van der Waals surface area contributed by atoms with Gasteiger partial charge in [0, 0.05) is 25.0 Å². The molecular weight excluding hydrogens is 354 g/mol. The van der Waals surface area contributed by atoms with Gasteiger partial charge in [-0.05, 0) is 43.7 Å². The molecule has 26 heavy (non-hydrogen) atoms. The predicted octanol–water partition coefficient (Wildman–Crippen LogP) is 3.84. The molecule has 3 aromatic rings. The molecule has 0 unspecified atom stereocenters. The number of furan rings is 1. The summed E-state index contributed by atoms with van der Waals surface area (Å²) < 4.78 is 13.0. The fraction of sp³-hybridized carbons (Fsp3) is 0.263. The average molecular weight is 374 g/mol. The fourth-order valence-corrected chi connectivity index (χ4v) is 2.63. The van der Waals surface area contributed by atoms with E-state index in [1.165, 1.54) is 0 Å². The molecule has 0 aliphatic rings. The minimum absolute atomic E-state index is 0.204. The van der Waals surface area contributed by atoms with Gasteiger partial charge in [0.05, 0.1) is 5.02 Å². The number of ether oxygens (including phenoxy) is 1. The number of hydrogen-bond donors (Lipinski definition) is 1. The molecule has 1 N–H and O–H groups in total. The zero-order valence-corrected chi connectivity index (χ0v) is 15.2. The number of nitrogens with one attached hydrogen (secondary N) is 1. The van der Waals surface area contributed by atoms with Crippen LogP contribution in [0.1, 0.15) is 28.4 Å². The van der Waals surface area contributed by atoms with Crippen molar-refractivity contribution in [3.05, 3.63) is 70.9 Å². The first-order valence-electron chi connectivity index (χ1n) is 8.36. The van der Waals surface area contributed by atoms with Crippen LogP contribution in [-0.4, -0.2) is 22.2 Å². The minimum atomic E-state index is -0.244. The van der Waals surface area contributed by atoms with E-state index in [0.717, 1.165) is 18.7 Å². The lowest BCUT2D eigenvalue weighted by molar-refractivity contribution is 0.0921. The monoisotopic (exact) mass is 373 g/mol. The highest BCUT2D eigenvalue weighted by Gasteiger charge is 2.11. The van der Waals surface area contributed by atoms with Crippen LogP contribution in [-0.2, 0) is 13.2 Å². The Kier molecular flexibility index (Phi) is 5.96. The van der Waals surface area contributed by atoms with Crippen molar-refractivity contribution < 1.29 is 13.9 Å². The van der Waals surface area contributed by atoms with E-state index in [-0.39, 0.29) is 18.3 Å². The van der Waals surface area contributed by atoms with Crippen molar-refractivity contribution in [2.24, 2.45) is 0 Å². The summed E-state index contributed by atoms with van der Waals surface area (Å²) in [7, 11) is 0. The molecule has 0 saturated heterocycles. The van der Waals surface area contributed by atoms with Crippen LogP contribution in [0.25, 0.3) is 0 Å². The molecule has 1 amide bonds. The molecule has 1 aromatic carbocycles. The van der Waals surface area contributed by atoms with Gasteiger partial charge in [0.2, 0.25) is 0 Å². The molecule has 6 nitrogen and oxygen atoms in total. The summed E-state index contributed by atoms with van der Waals surface area (Å²) in [6, 6.07) is 12.5. The molecule has 2 aromatic heterocycles. The summed E-state index contributed by atoms with van der Waals surface area (Å²) in [5, 5.41) is 7.58. The van der Waals surface area contributed by atoms with Crippen LogP contribution in [0, 0.1) is 6.92 Å². The summed E-state index contributed by atoms with van der Waals surface area (Å²) in [4.78, 5) is 12.1. The van der Waals surface area contributed by atoms with Crippen molar-refractivity contribution in [1.29, 1.82) is 0 Å². The van der Waals surface area contributed by atoms with Gasteiger partial charge in [0.15, 0.2) is 5.76 Å². The summed E-state index contributed by atoms with van der Waals surface area (Å²) >= 11 is 6.04. The summed E-state index contributed by atoms with van der Waals surface area (Å²) in [6.45, 7) is 3.51. The lowest BCUT2D eigenvalue weighted by Gasteiger charge is -2.06. The maximum absolute atomic E-state index is 12.1. The maximum atomic E-state index is 12.1. The molecular formula is C19H20ClN3O3. The largest absolute Gasteiger partial charge is 0.484 e. The maximum Gasteiger partial charge on any atom is 0.286 e. The Hall–Kier alpha value is -2.73. The third-order valence-corrected chi connectivity index (χ3v) is 4.17. The van der Waals surface area contributed by atoms with Crippen molar-refractivity contribution in [3.8, 4) is 5.75 Å². The number of rotatable bonds is 8. The Labute approximate surface area is 156 Å². The number of benzene rings is 1. The van der Waals surface area contributed by atoms with E-state index < -0.39 is 0 Å². The molecule has 0 radical (unpaired) electrons. The van der Waals surface area contributed by atoms with Crippen LogP contribution in [0.3, 0.4) is 0 Å². The number of carbonyl (C=O) groups is 1. The van der Waals surface area contributed by atoms with Gasteiger partial charge in [-0.3, -0.25) is 9.48 Å². The molecule has 136 valence electrons. The summed E-state index contributed by atoms with van der Waals surface area (Å²) in [6.07, 6.45) is 2.56. The topological polar surface area (TPSA) is 69.3 Å². The molecule has 0 spiro atoms. The molecule has 2 heterocycles. The van der Waals surface area contributed by atoms with Gasteiger partial charge in [-0.25, -0.2) is 0 Å². The number of carbonyl (C=O) groups excluding carboxylic acids is 1. The zero-order chi connectivity index (χ0) is 18.4. The first kappa shape index (κ1) is 18.1. The van der Waals surface area contributed by atoms with Gasteiger partial charge in [-0.15, -0.1) is 0 Å². The van der Waals surface area contributed by atoms with Crippen LogP contribution in [0.15, 0.2) is 53.1 Å². The smallest absolute Gasteiger partial charge is 0.286 e. The second-order valence-corrected chi connectivity index (χ2v) is 6.20. The molecule has 0 saturated carbocycles. The molecule has 0 aliphatic heterocycles. The van der Waals surface area contributed by atoms with Crippen LogP contribution in [0.4, 0.5) is 0 Å². The number of aromatic nitrogens is 2. The quantitative estimate of drug-likeness (QED) is 0.609. The van der Waals surface area contributed by atoms with E-state index in [4.69, 9.17) is 20.8 Å². The first-order valence-corrected chi connectivity index (χ1v) is 8.74. The van der Waals surface area contributed by atoms with E-state index in [1.807, 2.05) is 29.8 Å². The van der Waals surface area contributed by atoms with Crippen molar-refractivity contribution in [1.82, 2.24) is 15.1 Å². The minimum Gasteiger partial charge on any atom is -0.484 e. The Morgan fingerprint density at radius 1 is 1.27 bits per heavy atom. The highest BCUT2D eigenvalue weighted by Crippen LogP contribution is 2.24. The molecule has 0 bridgehead atoms. The highest BCUT2D eigenvalue weighted by atomic mass is 35.5. The number of aryl methyl sites for hydroxylation is 2. The predicted molar refractivity (Wildman–Crippen MR) is 98.4 cm³/mol. The fourth-order valence-electron chi connectivity index (χ4n) is 2.44. The van der Waals surface area contributed by atoms with E-state index in [0.29, 0.717) is 23.1 Å². The Bertz CT molecular complexity index is 872. The van der Waals surface area contributed by atoms with Crippen molar-refractivity contribution >= 4 is 17.5 Å². The first-order chi connectivity index (χ1) is 12.6. The number of amides is 1. The molecule has 0 atom stereocenters. The Balaban J connectivity index is 1.44. The Morgan fingerprint density at radius 3 is 2.88 bits per heavy atom. The van der Waals surface area contributed by atoms with Crippen molar-refractivity contribution in [2.45, 2.75) is 26.5 Å². The second kappa shape index (κ2) is 8.58. The van der Waals surface area contributed by atoms with Crippen LogP contribution in [0.5, 0.6) is 5.75 Å². The van der Waals surface area contributed by atoms with E-state index in [2.05, 4.69) is 10.4 Å². The van der Waals surface area contributed by atoms with Gasteiger partial charge in [-0.1, -0.05) is 23.7 Å². The van der Waals surface area contributed by atoms with Crippen molar-refractivity contribution in [3.63, 3.8) is 0 Å². The van der Waals surface area contributed by atoms with Crippen LogP contribution < -0.4 is 10.1 Å². The zero-order valence-electron chi connectivity index (χ0n) is 14.4. The van der Waals surface area contributed by atoms with Crippen LogP contribution in [0.2, 0.25) is 5.02 Å². The number of hydrogen-bond acceptors (Lipinski definition) is 4. The second-order valence-electron chi connectivity index (χ2n) is 5.79. The molecule has 0 aliphatic carbocycles. The molecule has 0 fully saturated rings. The summed E-state index contributed by atoms with van der Waals surface area (Å²) in [5.41, 5.74) is 1.10. The third kappa shape index (κ3) is 4.67. The number of para-hydroxylation sites is 1. The van der Waals surface area contributed by atoms with Gasteiger partial charge >= 0.3 is 0 Å². The third-order valence-electron chi connectivity index (χ3n) is 3.85. The lowest BCUT2D eigenvalue weighted by atomic mass is 10.3.